The Labute approximate surface area is 67.2 Å². The zero-order valence-electron chi connectivity index (χ0n) is 5.99. The lowest BCUT2D eigenvalue weighted by atomic mass is 9.96. The maximum Gasteiger partial charge on any atom is 0.268 e. The van der Waals surface area contributed by atoms with E-state index in [1.165, 1.54) is 0 Å². The highest BCUT2D eigenvalue weighted by Crippen LogP contribution is 2.08. The minimum atomic E-state index is -1.08. The van der Waals surface area contributed by atoms with Gasteiger partial charge in [-0.15, -0.1) is 0 Å². The standard InChI is InChI=1S/C7H5NO4/c8-7(12)3-1-4(9)6(11)5(10)2-3/h1H,2H2,(H2,8,12). The molecule has 0 bridgehead atoms. The van der Waals surface area contributed by atoms with E-state index in [1.54, 1.807) is 0 Å². The average Bonchev–Trinajstić information content (AvgIpc) is 1.99. The number of carbonyl (C=O) groups is 4. The Balaban J connectivity index is 3.04. The maximum absolute atomic E-state index is 10.7. The van der Waals surface area contributed by atoms with Crippen LogP contribution in [0.2, 0.25) is 0 Å². The minimum absolute atomic E-state index is 0.107. The van der Waals surface area contributed by atoms with Gasteiger partial charge in [-0.1, -0.05) is 0 Å². The van der Waals surface area contributed by atoms with Crippen LogP contribution in [-0.2, 0) is 19.2 Å². The van der Waals surface area contributed by atoms with Gasteiger partial charge in [0.25, 0.3) is 5.78 Å². The number of Topliss-reactive ketones (excluding diaryl/α,β-unsaturated/α-hetero) is 2. The predicted octanol–water partition coefficient (Wildman–Crippen LogP) is -1.49. The van der Waals surface area contributed by atoms with Gasteiger partial charge in [-0.3, -0.25) is 19.2 Å². The average molecular weight is 167 g/mol. The molecule has 62 valence electrons. The molecule has 0 saturated heterocycles. The number of primary amides is 1. The molecule has 5 heteroatoms. The molecule has 0 spiro atoms. The van der Waals surface area contributed by atoms with Crippen molar-refractivity contribution < 1.29 is 19.2 Å². The molecule has 0 atom stereocenters. The van der Waals surface area contributed by atoms with E-state index < -0.39 is 23.3 Å². The number of carbonyl (C=O) groups excluding carboxylic acids is 4. The molecule has 2 N–H and O–H groups in total. The van der Waals surface area contributed by atoms with Gasteiger partial charge in [0.05, 0.1) is 0 Å². The molecule has 0 radical (unpaired) electrons. The second-order valence-electron chi connectivity index (χ2n) is 2.33. The van der Waals surface area contributed by atoms with Crippen molar-refractivity contribution in [3.63, 3.8) is 0 Å². The highest BCUT2D eigenvalue weighted by Gasteiger charge is 2.29. The zero-order valence-corrected chi connectivity index (χ0v) is 5.99. The molecular formula is C7H5NO4. The van der Waals surface area contributed by atoms with Crippen molar-refractivity contribution in [1.82, 2.24) is 0 Å². The van der Waals surface area contributed by atoms with Crippen LogP contribution in [0.25, 0.3) is 0 Å². The van der Waals surface area contributed by atoms with Crippen LogP contribution in [0.5, 0.6) is 0 Å². The van der Waals surface area contributed by atoms with Gasteiger partial charge in [0.15, 0.2) is 0 Å². The smallest absolute Gasteiger partial charge is 0.268 e. The van der Waals surface area contributed by atoms with Crippen LogP contribution in [0.4, 0.5) is 0 Å². The second kappa shape index (κ2) is 2.69. The van der Waals surface area contributed by atoms with Gasteiger partial charge < -0.3 is 5.73 Å². The summed E-state index contributed by atoms with van der Waals surface area (Å²) in [6.45, 7) is 0. The monoisotopic (exact) mass is 167 g/mol. The summed E-state index contributed by atoms with van der Waals surface area (Å²) in [4.78, 5) is 42.5. The molecule has 0 saturated carbocycles. The molecule has 0 aromatic rings. The molecule has 12 heavy (non-hydrogen) atoms. The summed E-state index contributed by atoms with van der Waals surface area (Å²) in [7, 11) is 0. The number of hydrogen-bond acceptors (Lipinski definition) is 4. The first-order chi connectivity index (χ1) is 5.52. The van der Waals surface area contributed by atoms with E-state index in [-0.39, 0.29) is 12.0 Å². The molecule has 0 fully saturated rings. The lowest BCUT2D eigenvalue weighted by molar-refractivity contribution is -0.142. The zero-order chi connectivity index (χ0) is 9.30. The van der Waals surface area contributed by atoms with Crippen LogP contribution in [0.1, 0.15) is 6.42 Å². The SMILES string of the molecule is NC(=O)C1=CC(=O)C(=O)C(=O)C1. The van der Waals surface area contributed by atoms with Gasteiger partial charge >= 0.3 is 0 Å². The van der Waals surface area contributed by atoms with Gasteiger partial charge in [-0.25, -0.2) is 0 Å². The molecule has 0 heterocycles. The van der Waals surface area contributed by atoms with Crippen molar-refractivity contribution in [1.29, 1.82) is 0 Å². The van der Waals surface area contributed by atoms with E-state index in [0.29, 0.717) is 0 Å². The third kappa shape index (κ3) is 1.29. The Morgan fingerprint density at radius 1 is 1.33 bits per heavy atom. The van der Waals surface area contributed by atoms with Gasteiger partial charge in [-0.2, -0.15) is 0 Å². The minimum Gasteiger partial charge on any atom is -0.366 e. The Kier molecular flexibility index (Phi) is 1.86. The van der Waals surface area contributed by atoms with Crippen LogP contribution in [-0.4, -0.2) is 23.3 Å². The summed E-state index contributed by atoms with van der Waals surface area (Å²) in [5, 5.41) is 0. The van der Waals surface area contributed by atoms with Crippen molar-refractivity contribution in [3.8, 4) is 0 Å². The summed E-state index contributed by atoms with van der Waals surface area (Å²) < 4.78 is 0. The van der Waals surface area contributed by atoms with E-state index >= 15 is 0 Å². The van der Waals surface area contributed by atoms with Gasteiger partial charge in [-0.05, 0) is 6.08 Å². The Bertz CT molecular complexity index is 326. The lowest BCUT2D eigenvalue weighted by Gasteiger charge is -2.05. The van der Waals surface area contributed by atoms with Crippen molar-refractivity contribution in [2.24, 2.45) is 5.73 Å². The molecule has 5 nitrogen and oxygen atoms in total. The summed E-state index contributed by atoms with van der Waals surface area (Å²) in [5.74, 6) is -3.78. The quantitative estimate of drug-likeness (QED) is 0.481. The number of amides is 1. The summed E-state index contributed by atoms with van der Waals surface area (Å²) in [5.41, 5.74) is 4.71. The first kappa shape index (κ1) is 8.32. The number of hydrogen-bond donors (Lipinski definition) is 1. The Morgan fingerprint density at radius 3 is 2.33 bits per heavy atom. The predicted molar refractivity (Wildman–Crippen MR) is 36.9 cm³/mol. The molecule has 1 aliphatic carbocycles. The van der Waals surface area contributed by atoms with E-state index in [0.717, 1.165) is 6.08 Å². The van der Waals surface area contributed by atoms with E-state index in [9.17, 15) is 19.2 Å². The summed E-state index contributed by atoms with van der Waals surface area (Å²) >= 11 is 0. The second-order valence-corrected chi connectivity index (χ2v) is 2.33. The number of ketones is 3. The fourth-order valence-electron chi connectivity index (χ4n) is 0.824. The molecule has 0 aromatic heterocycles. The molecule has 0 aromatic carbocycles. The number of rotatable bonds is 1. The van der Waals surface area contributed by atoms with Gasteiger partial charge in [0.1, 0.15) is 0 Å². The molecule has 0 aliphatic heterocycles. The third-order valence-electron chi connectivity index (χ3n) is 1.45. The topological polar surface area (TPSA) is 94.3 Å². The molecule has 1 rings (SSSR count). The van der Waals surface area contributed by atoms with Crippen LogP contribution in [0.15, 0.2) is 11.6 Å². The van der Waals surface area contributed by atoms with E-state index in [4.69, 9.17) is 5.73 Å². The fourth-order valence-corrected chi connectivity index (χ4v) is 0.824. The van der Waals surface area contributed by atoms with Crippen molar-refractivity contribution in [3.05, 3.63) is 11.6 Å². The first-order valence-electron chi connectivity index (χ1n) is 3.14. The normalized spacial score (nSPS) is 17.7. The molecule has 0 unspecified atom stereocenters. The maximum atomic E-state index is 10.7. The van der Waals surface area contributed by atoms with E-state index in [2.05, 4.69) is 0 Å². The number of nitrogens with two attached hydrogens (primary N) is 1. The van der Waals surface area contributed by atoms with Gasteiger partial charge in [0, 0.05) is 12.0 Å². The summed E-state index contributed by atoms with van der Waals surface area (Å²) in [6.07, 6.45) is 0.450. The first-order valence-corrected chi connectivity index (χ1v) is 3.14. The van der Waals surface area contributed by atoms with Crippen LogP contribution in [0, 0.1) is 0 Å². The third-order valence-corrected chi connectivity index (χ3v) is 1.45. The highest BCUT2D eigenvalue weighted by atomic mass is 16.2. The van der Waals surface area contributed by atoms with Crippen molar-refractivity contribution >= 4 is 23.3 Å². The van der Waals surface area contributed by atoms with Gasteiger partial charge in [0.2, 0.25) is 17.5 Å². The van der Waals surface area contributed by atoms with Crippen LogP contribution in [0.3, 0.4) is 0 Å². The Morgan fingerprint density at radius 2 is 1.92 bits per heavy atom. The lowest BCUT2D eigenvalue weighted by Crippen LogP contribution is -2.31. The van der Waals surface area contributed by atoms with E-state index in [1.807, 2.05) is 0 Å². The van der Waals surface area contributed by atoms with Crippen molar-refractivity contribution in [2.45, 2.75) is 6.42 Å². The fraction of sp³-hybridized carbons (Fsp3) is 0.143. The Hall–Kier alpha value is -1.78. The van der Waals surface area contributed by atoms with Crippen LogP contribution >= 0.6 is 0 Å². The van der Waals surface area contributed by atoms with Crippen LogP contribution < -0.4 is 5.73 Å². The highest BCUT2D eigenvalue weighted by molar-refractivity contribution is 6.67. The summed E-state index contributed by atoms with van der Waals surface area (Å²) in [6, 6.07) is 0. The number of allylic oxidation sites excluding steroid dienone is 1. The largest absolute Gasteiger partial charge is 0.366 e. The molecule has 1 amide bonds. The molecule has 1 aliphatic rings. The van der Waals surface area contributed by atoms with Crippen molar-refractivity contribution in [2.75, 3.05) is 0 Å². The molecular weight excluding hydrogens is 162 g/mol.